The topological polar surface area (TPSA) is 75.3 Å². The van der Waals surface area contributed by atoms with E-state index in [1.54, 1.807) is 53.7 Å². The fourth-order valence-corrected chi connectivity index (χ4v) is 3.77. The number of aromatic nitrogens is 2. The Bertz CT molecular complexity index is 1150. The smallest absolute Gasteiger partial charge is 0.254 e. The van der Waals surface area contributed by atoms with Gasteiger partial charge < -0.3 is 9.91 Å². The summed E-state index contributed by atoms with van der Waals surface area (Å²) >= 11 is 0. The van der Waals surface area contributed by atoms with E-state index in [-0.39, 0.29) is 18.3 Å². The van der Waals surface area contributed by atoms with Gasteiger partial charge >= 0.3 is 0 Å². The quantitative estimate of drug-likeness (QED) is 0.476. The molecule has 0 unspecified atom stereocenters. The maximum atomic E-state index is 14.2. The molecular weight excluding hydrogens is 405 g/mol. The lowest BCUT2D eigenvalue weighted by molar-refractivity contribution is 0.0757. The number of hydrazine groups is 1. The van der Waals surface area contributed by atoms with Crippen molar-refractivity contribution in [3.63, 3.8) is 0 Å². The Balaban J connectivity index is 1.66. The van der Waals surface area contributed by atoms with Crippen molar-refractivity contribution in [2.24, 2.45) is 5.84 Å². The molecule has 0 bridgehead atoms. The van der Waals surface area contributed by atoms with E-state index in [0.29, 0.717) is 42.0 Å². The van der Waals surface area contributed by atoms with Gasteiger partial charge in [0.15, 0.2) is 5.82 Å². The van der Waals surface area contributed by atoms with Gasteiger partial charge in [-0.1, -0.05) is 43.0 Å². The Morgan fingerprint density at radius 2 is 1.75 bits per heavy atom. The monoisotopic (exact) mass is 429 g/mol. The van der Waals surface area contributed by atoms with Crippen molar-refractivity contribution >= 4 is 11.5 Å². The molecule has 4 rings (SSSR count). The molecule has 1 aliphatic heterocycles. The van der Waals surface area contributed by atoms with Crippen molar-refractivity contribution in [2.75, 3.05) is 13.1 Å². The molecule has 0 radical (unpaired) electrons. The highest BCUT2D eigenvalue weighted by atomic mass is 19.1. The van der Waals surface area contributed by atoms with Crippen LogP contribution in [-0.2, 0) is 6.54 Å². The fraction of sp³-hybridized carbons (Fsp3) is 0.160. The van der Waals surface area contributed by atoms with E-state index in [1.807, 2.05) is 18.2 Å². The molecule has 7 heteroatoms. The SMILES string of the molecule is C=C(C1=C(N(N)Cc2ccccc2F)CCN(C(=O)c2ccccc2)C1)c1ncccn1. The van der Waals surface area contributed by atoms with Gasteiger partial charge in [-0.25, -0.2) is 20.2 Å². The molecule has 6 nitrogen and oxygen atoms in total. The van der Waals surface area contributed by atoms with Crippen molar-refractivity contribution in [2.45, 2.75) is 13.0 Å². The van der Waals surface area contributed by atoms with Crippen molar-refractivity contribution < 1.29 is 9.18 Å². The van der Waals surface area contributed by atoms with Gasteiger partial charge in [0, 0.05) is 59.9 Å². The molecule has 0 saturated carbocycles. The van der Waals surface area contributed by atoms with E-state index in [0.717, 1.165) is 11.3 Å². The summed E-state index contributed by atoms with van der Waals surface area (Å²) in [5.74, 6) is 6.50. The molecule has 32 heavy (non-hydrogen) atoms. The number of benzene rings is 2. The summed E-state index contributed by atoms with van der Waals surface area (Å²) in [6.45, 7) is 5.19. The van der Waals surface area contributed by atoms with Crippen molar-refractivity contribution in [3.05, 3.63) is 114 Å². The maximum absolute atomic E-state index is 14.2. The van der Waals surface area contributed by atoms with E-state index < -0.39 is 0 Å². The first-order valence-corrected chi connectivity index (χ1v) is 10.3. The third-order valence-corrected chi connectivity index (χ3v) is 5.47. The van der Waals surface area contributed by atoms with Gasteiger partial charge in [-0.05, 0) is 24.3 Å². The number of carbonyl (C=O) groups is 1. The first-order valence-electron chi connectivity index (χ1n) is 10.3. The second-order valence-electron chi connectivity index (χ2n) is 7.54. The molecule has 2 heterocycles. The Kier molecular flexibility index (Phi) is 6.37. The molecule has 3 aromatic rings. The summed E-state index contributed by atoms with van der Waals surface area (Å²) in [7, 11) is 0. The third-order valence-electron chi connectivity index (χ3n) is 5.47. The Hall–Kier alpha value is -3.84. The van der Waals surface area contributed by atoms with Gasteiger partial charge in [0.2, 0.25) is 0 Å². The summed E-state index contributed by atoms with van der Waals surface area (Å²) in [6, 6.07) is 17.4. The van der Waals surface area contributed by atoms with Crippen LogP contribution < -0.4 is 5.84 Å². The van der Waals surface area contributed by atoms with E-state index in [9.17, 15) is 9.18 Å². The lowest BCUT2D eigenvalue weighted by Gasteiger charge is -2.35. The van der Waals surface area contributed by atoms with Crippen LogP contribution in [0.15, 0.2) is 90.9 Å². The summed E-state index contributed by atoms with van der Waals surface area (Å²) in [4.78, 5) is 23.4. The van der Waals surface area contributed by atoms with Crippen LogP contribution in [0.4, 0.5) is 4.39 Å². The summed E-state index contributed by atoms with van der Waals surface area (Å²) in [5, 5.41) is 1.53. The number of rotatable bonds is 6. The normalized spacial score (nSPS) is 13.8. The average Bonchev–Trinajstić information content (AvgIpc) is 2.85. The van der Waals surface area contributed by atoms with Gasteiger partial charge in [-0.3, -0.25) is 4.79 Å². The van der Waals surface area contributed by atoms with E-state index >= 15 is 0 Å². The van der Waals surface area contributed by atoms with E-state index in [4.69, 9.17) is 5.84 Å². The zero-order valence-corrected chi connectivity index (χ0v) is 17.6. The lowest BCUT2D eigenvalue weighted by Crippen LogP contribution is -2.42. The Labute approximate surface area is 186 Å². The summed E-state index contributed by atoms with van der Waals surface area (Å²) in [5.41, 5.74) is 3.27. The largest absolute Gasteiger partial charge is 0.334 e. The first-order chi connectivity index (χ1) is 15.5. The van der Waals surface area contributed by atoms with Gasteiger partial charge in [-0.2, -0.15) is 0 Å². The molecule has 0 aliphatic carbocycles. The standard InChI is InChI=1S/C25H24FN5O/c1-18(24-28-13-7-14-29-24)21-17-30(25(32)19-8-3-2-4-9-19)15-12-23(21)31(27)16-20-10-5-6-11-22(20)26/h2-11,13-14H,1,12,15-17,27H2. The average molecular weight is 429 g/mol. The van der Waals surface area contributed by atoms with Crippen LogP contribution in [0.2, 0.25) is 0 Å². The highest BCUT2D eigenvalue weighted by Gasteiger charge is 2.28. The van der Waals surface area contributed by atoms with Crippen LogP contribution in [0, 0.1) is 5.82 Å². The van der Waals surface area contributed by atoms with Gasteiger partial charge in [-0.15, -0.1) is 0 Å². The van der Waals surface area contributed by atoms with E-state index in [1.165, 1.54) is 11.1 Å². The minimum absolute atomic E-state index is 0.0680. The summed E-state index contributed by atoms with van der Waals surface area (Å²) in [6.07, 6.45) is 3.79. The number of nitrogens with two attached hydrogens (primary N) is 1. The fourth-order valence-electron chi connectivity index (χ4n) is 3.77. The predicted molar refractivity (Wildman–Crippen MR) is 121 cm³/mol. The predicted octanol–water partition coefficient (Wildman–Crippen LogP) is 3.81. The van der Waals surface area contributed by atoms with E-state index in [2.05, 4.69) is 16.5 Å². The number of nitrogens with zero attached hydrogens (tertiary/aromatic N) is 4. The molecule has 2 aromatic carbocycles. The van der Waals surface area contributed by atoms with Crippen molar-refractivity contribution in [3.8, 4) is 0 Å². The van der Waals surface area contributed by atoms with Gasteiger partial charge in [0.1, 0.15) is 5.82 Å². The summed E-state index contributed by atoms with van der Waals surface area (Å²) < 4.78 is 14.2. The number of hydrogen-bond donors (Lipinski definition) is 1. The van der Waals surface area contributed by atoms with Crippen LogP contribution in [-0.4, -0.2) is 38.9 Å². The highest BCUT2D eigenvalue weighted by molar-refractivity contribution is 5.95. The first kappa shape index (κ1) is 21.4. The number of amides is 1. The zero-order valence-electron chi connectivity index (χ0n) is 17.6. The van der Waals surface area contributed by atoms with Crippen molar-refractivity contribution in [1.29, 1.82) is 0 Å². The zero-order chi connectivity index (χ0) is 22.5. The second kappa shape index (κ2) is 9.53. The Morgan fingerprint density at radius 1 is 1.06 bits per heavy atom. The van der Waals surface area contributed by atoms with Crippen LogP contribution in [0.5, 0.6) is 0 Å². The second-order valence-corrected chi connectivity index (χ2v) is 7.54. The van der Waals surface area contributed by atoms with Crippen LogP contribution >= 0.6 is 0 Å². The molecule has 1 aliphatic rings. The van der Waals surface area contributed by atoms with Crippen LogP contribution in [0.1, 0.15) is 28.2 Å². The van der Waals surface area contributed by atoms with Crippen LogP contribution in [0.3, 0.4) is 0 Å². The molecule has 1 amide bonds. The molecule has 0 atom stereocenters. The van der Waals surface area contributed by atoms with Crippen LogP contribution in [0.25, 0.3) is 5.57 Å². The highest BCUT2D eigenvalue weighted by Crippen LogP contribution is 2.30. The number of halogens is 1. The molecule has 1 aromatic heterocycles. The van der Waals surface area contributed by atoms with Crippen molar-refractivity contribution in [1.82, 2.24) is 19.9 Å². The minimum Gasteiger partial charge on any atom is -0.334 e. The van der Waals surface area contributed by atoms with Gasteiger partial charge in [0.25, 0.3) is 5.91 Å². The minimum atomic E-state index is -0.313. The maximum Gasteiger partial charge on any atom is 0.254 e. The molecule has 0 saturated heterocycles. The molecule has 0 spiro atoms. The van der Waals surface area contributed by atoms with Gasteiger partial charge in [0.05, 0.1) is 6.54 Å². The number of hydrogen-bond acceptors (Lipinski definition) is 5. The molecule has 162 valence electrons. The molecule has 2 N–H and O–H groups in total. The third kappa shape index (κ3) is 4.58. The lowest BCUT2D eigenvalue weighted by atomic mass is 9.97. The molecule has 0 fully saturated rings. The number of carbonyl (C=O) groups excluding carboxylic acids is 1. The molecular formula is C25H24FN5O. The Morgan fingerprint density at radius 3 is 2.47 bits per heavy atom.